The number of nitrogens with zero attached hydrogens (tertiary/aromatic N) is 2. The molecule has 4 atom stereocenters. The Hall–Kier alpha value is -3.01. The molecule has 1 unspecified atom stereocenters. The lowest BCUT2D eigenvalue weighted by Gasteiger charge is -2.35. The predicted molar refractivity (Wildman–Crippen MR) is 124 cm³/mol. The maximum Gasteiger partial charge on any atom is 0.246 e. The van der Waals surface area contributed by atoms with Crippen LogP contribution in [-0.4, -0.2) is 75.4 Å². The fourth-order valence-electron chi connectivity index (χ4n) is 4.41. The molecule has 0 saturated carbocycles. The number of rotatable bonds is 7. The van der Waals surface area contributed by atoms with Crippen molar-refractivity contribution in [3.63, 3.8) is 0 Å². The molecule has 2 aliphatic rings. The number of nitrogens with one attached hydrogen (secondary N) is 3. The van der Waals surface area contributed by atoms with Crippen LogP contribution in [0.5, 0.6) is 0 Å². The topological polar surface area (TPSA) is 141 Å². The van der Waals surface area contributed by atoms with E-state index in [0.717, 1.165) is 0 Å². The minimum absolute atomic E-state index is 0.0140. The van der Waals surface area contributed by atoms with Crippen molar-refractivity contribution in [1.82, 2.24) is 25.8 Å². The normalized spacial score (nSPS) is 28.3. The average Bonchev–Trinajstić information content (AvgIpc) is 3.32. The van der Waals surface area contributed by atoms with Crippen LogP contribution in [0.15, 0.2) is 24.4 Å². The first-order valence-corrected chi connectivity index (χ1v) is 12.0. The zero-order valence-electron chi connectivity index (χ0n) is 19.9. The molecular formula is C24H35N5O5. The van der Waals surface area contributed by atoms with Gasteiger partial charge in [-0.15, -0.1) is 0 Å². The van der Waals surface area contributed by atoms with E-state index < -0.39 is 35.5 Å². The number of fused-ring (bicyclic) bond motifs is 1. The Morgan fingerprint density at radius 2 is 1.91 bits per heavy atom. The lowest BCUT2D eigenvalue weighted by molar-refractivity contribution is -0.144. The van der Waals surface area contributed by atoms with E-state index in [4.69, 9.17) is 5.11 Å². The van der Waals surface area contributed by atoms with E-state index in [0.29, 0.717) is 50.8 Å². The molecule has 10 heteroatoms. The summed E-state index contributed by atoms with van der Waals surface area (Å²) in [5.41, 5.74) is -0.636. The van der Waals surface area contributed by atoms with Crippen LogP contribution in [0, 0.1) is 0 Å². The lowest BCUT2D eigenvalue weighted by Crippen LogP contribution is -2.65. The van der Waals surface area contributed by atoms with Gasteiger partial charge in [0.15, 0.2) is 0 Å². The Kier molecular flexibility index (Phi) is 8.60. The first-order valence-electron chi connectivity index (χ1n) is 12.0. The van der Waals surface area contributed by atoms with Crippen molar-refractivity contribution in [1.29, 1.82) is 0 Å². The summed E-state index contributed by atoms with van der Waals surface area (Å²) in [6.07, 6.45) is 4.57. The van der Waals surface area contributed by atoms with Crippen LogP contribution in [-0.2, 0) is 25.6 Å². The fraction of sp³-hybridized carbons (Fsp3) is 0.625. The van der Waals surface area contributed by atoms with Crippen molar-refractivity contribution in [3.05, 3.63) is 30.1 Å². The largest absolute Gasteiger partial charge is 0.396 e. The first kappa shape index (κ1) is 25.6. The van der Waals surface area contributed by atoms with Gasteiger partial charge in [-0.2, -0.15) is 0 Å². The second-order valence-corrected chi connectivity index (χ2v) is 9.20. The smallest absolute Gasteiger partial charge is 0.246 e. The molecule has 3 heterocycles. The highest BCUT2D eigenvalue weighted by molar-refractivity contribution is 5.99. The zero-order valence-corrected chi connectivity index (χ0v) is 19.9. The van der Waals surface area contributed by atoms with Gasteiger partial charge >= 0.3 is 0 Å². The summed E-state index contributed by atoms with van der Waals surface area (Å²) in [5, 5.41) is 17.6. The minimum Gasteiger partial charge on any atom is -0.396 e. The zero-order chi connectivity index (χ0) is 24.7. The number of hydrogen-bond donors (Lipinski definition) is 4. The van der Waals surface area contributed by atoms with Crippen molar-refractivity contribution >= 4 is 23.6 Å². The van der Waals surface area contributed by atoms with E-state index in [1.807, 2.05) is 6.07 Å². The Morgan fingerprint density at radius 3 is 2.59 bits per heavy atom. The minimum atomic E-state index is -1.27. The van der Waals surface area contributed by atoms with Crippen molar-refractivity contribution in [2.75, 3.05) is 13.2 Å². The van der Waals surface area contributed by atoms with E-state index in [9.17, 15) is 19.2 Å². The molecule has 1 aromatic heterocycles. The highest BCUT2D eigenvalue weighted by atomic mass is 16.3. The maximum absolute atomic E-state index is 13.6. The summed E-state index contributed by atoms with van der Waals surface area (Å²) < 4.78 is 0. The van der Waals surface area contributed by atoms with Crippen LogP contribution in [0.4, 0.5) is 0 Å². The second kappa shape index (κ2) is 11.4. The van der Waals surface area contributed by atoms with Crippen molar-refractivity contribution < 1.29 is 24.3 Å². The van der Waals surface area contributed by atoms with Crippen LogP contribution in [0.1, 0.15) is 58.1 Å². The highest BCUT2D eigenvalue weighted by Gasteiger charge is 2.43. The van der Waals surface area contributed by atoms with E-state index >= 15 is 0 Å². The standard InChI is InChI=1S/C24H35N5O5/c1-3-24(2)23(34)27-18(15-16-9-4-6-12-25-16)22(33)29-13-8-11-19(29)21(32)26-17(20(31)28-24)10-5-7-14-30/h4,6,9,12,17-19,30H,3,5,7-8,10-11,13-15H2,1-2H3,(H,26,32)(H,27,34)(H,28,31)/t17-,18?,19+,24-/m0/s1. The number of aromatic nitrogens is 1. The molecule has 186 valence electrons. The highest BCUT2D eigenvalue weighted by Crippen LogP contribution is 2.22. The number of carbonyl (C=O) groups is 4. The summed E-state index contributed by atoms with van der Waals surface area (Å²) in [6, 6.07) is 2.87. The molecule has 0 aromatic carbocycles. The van der Waals surface area contributed by atoms with Gasteiger partial charge in [-0.3, -0.25) is 24.2 Å². The van der Waals surface area contributed by atoms with Gasteiger partial charge in [0, 0.05) is 31.5 Å². The summed E-state index contributed by atoms with van der Waals surface area (Å²) in [6.45, 7) is 3.77. The molecule has 0 radical (unpaired) electrons. The van der Waals surface area contributed by atoms with E-state index in [-0.39, 0.29) is 24.8 Å². The van der Waals surface area contributed by atoms with Crippen LogP contribution in [0.2, 0.25) is 0 Å². The van der Waals surface area contributed by atoms with E-state index in [2.05, 4.69) is 20.9 Å². The van der Waals surface area contributed by atoms with Crippen LogP contribution < -0.4 is 16.0 Å². The summed E-state index contributed by atoms with van der Waals surface area (Å²) in [5.74, 6) is -1.63. The molecule has 2 fully saturated rings. The monoisotopic (exact) mass is 473 g/mol. The van der Waals surface area contributed by atoms with Crippen molar-refractivity contribution in [2.45, 2.75) is 82.5 Å². The average molecular weight is 474 g/mol. The molecular weight excluding hydrogens is 438 g/mol. The molecule has 10 nitrogen and oxygen atoms in total. The van der Waals surface area contributed by atoms with Gasteiger partial charge in [-0.05, 0) is 57.6 Å². The van der Waals surface area contributed by atoms with Gasteiger partial charge in [-0.25, -0.2) is 0 Å². The summed E-state index contributed by atoms with van der Waals surface area (Å²) >= 11 is 0. The number of aliphatic hydroxyl groups is 1. The molecule has 4 N–H and O–H groups in total. The molecule has 4 amide bonds. The van der Waals surface area contributed by atoms with Gasteiger partial charge < -0.3 is 26.0 Å². The van der Waals surface area contributed by atoms with Gasteiger partial charge in [0.25, 0.3) is 0 Å². The third-order valence-electron chi connectivity index (χ3n) is 6.72. The van der Waals surface area contributed by atoms with Crippen LogP contribution in [0.25, 0.3) is 0 Å². The molecule has 0 bridgehead atoms. The Morgan fingerprint density at radius 1 is 1.12 bits per heavy atom. The number of amides is 4. The Labute approximate surface area is 199 Å². The Bertz CT molecular complexity index is 895. The molecule has 2 aliphatic heterocycles. The molecule has 0 aliphatic carbocycles. The molecule has 0 spiro atoms. The van der Waals surface area contributed by atoms with Gasteiger partial charge in [0.1, 0.15) is 23.7 Å². The summed E-state index contributed by atoms with van der Waals surface area (Å²) in [4.78, 5) is 59.1. The quantitative estimate of drug-likeness (QED) is 0.412. The predicted octanol–water partition coefficient (Wildman–Crippen LogP) is 0.0458. The lowest BCUT2D eigenvalue weighted by atomic mass is 9.94. The number of aliphatic hydroxyl groups excluding tert-OH is 1. The third kappa shape index (κ3) is 5.91. The number of carbonyl (C=O) groups excluding carboxylic acids is 4. The van der Waals surface area contributed by atoms with Crippen molar-refractivity contribution in [2.24, 2.45) is 0 Å². The van der Waals surface area contributed by atoms with Crippen LogP contribution >= 0.6 is 0 Å². The number of hydrogen-bond acceptors (Lipinski definition) is 6. The molecule has 34 heavy (non-hydrogen) atoms. The number of unbranched alkanes of at least 4 members (excludes halogenated alkanes) is 1. The first-order chi connectivity index (χ1) is 16.3. The maximum atomic E-state index is 13.6. The third-order valence-corrected chi connectivity index (χ3v) is 6.72. The van der Waals surface area contributed by atoms with Crippen molar-refractivity contribution in [3.8, 4) is 0 Å². The van der Waals surface area contributed by atoms with Gasteiger partial charge in [0.05, 0.1) is 0 Å². The molecule has 1 aromatic rings. The van der Waals surface area contributed by atoms with E-state index in [1.54, 1.807) is 32.2 Å². The Balaban J connectivity index is 1.94. The van der Waals surface area contributed by atoms with Gasteiger partial charge in [0.2, 0.25) is 23.6 Å². The number of pyridine rings is 1. The molecule has 2 saturated heterocycles. The SMILES string of the molecule is CC[C@]1(C)NC(=O)[C@H](CCCCO)NC(=O)[C@H]2CCCN2C(=O)C(Cc2ccccn2)NC1=O. The summed E-state index contributed by atoms with van der Waals surface area (Å²) in [7, 11) is 0. The fourth-order valence-corrected chi connectivity index (χ4v) is 4.41. The van der Waals surface area contributed by atoms with Gasteiger partial charge in [-0.1, -0.05) is 13.0 Å². The molecule has 3 rings (SSSR count). The second-order valence-electron chi connectivity index (χ2n) is 9.20. The van der Waals surface area contributed by atoms with E-state index in [1.165, 1.54) is 4.90 Å². The van der Waals surface area contributed by atoms with Crippen LogP contribution in [0.3, 0.4) is 0 Å².